The van der Waals surface area contributed by atoms with E-state index < -0.39 is 0 Å². The summed E-state index contributed by atoms with van der Waals surface area (Å²) in [5, 5.41) is 8.49. The molecular formula is C16H26O. The van der Waals surface area contributed by atoms with Gasteiger partial charge in [-0.05, 0) is 18.3 Å². The topological polar surface area (TPSA) is 20.2 Å². The minimum absolute atomic E-state index is 0.132. The average molecular weight is 234 g/mol. The van der Waals surface area contributed by atoms with Crippen LogP contribution in [0, 0.1) is 23.7 Å². The molecule has 0 aliphatic carbocycles. The van der Waals surface area contributed by atoms with Gasteiger partial charge in [-0.25, -0.2) is 0 Å². The molecule has 0 fully saturated rings. The molecule has 0 atom stereocenters. The molecule has 1 N–H and O–H groups in total. The van der Waals surface area contributed by atoms with Crippen LogP contribution in [-0.2, 0) is 0 Å². The molecule has 0 bridgehead atoms. The van der Waals surface area contributed by atoms with E-state index in [1.54, 1.807) is 0 Å². The van der Waals surface area contributed by atoms with Crippen molar-refractivity contribution in [2.24, 2.45) is 0 Å². The summed E-state index contributed by atoms with van der Waals surface area (Å²) < 4.78 is 0. The fourth-order valence-corrected chi connectivity index (χ4v) is 1.62. The fourth-order valence-electron chi connectivity index (χ4n) is 1.62. The SMILES string of the molecule is CCCCCCCCCCC#CC#CCCO. The van der Waals surface area contributed by atoms with E-state index in [1.807, 2.05) is 0 Å². The molecule has 0 rings (SSSR count). The molecule has 0 amide bonds. The Kier molecular flexibility index (Phi) is 14.3. The molecule has 0 unspecified atom stereocenters. The highest BCUT2D eigenvalue weighted by atomic mass is 16.2. The van der Waals surface area contributed by atoms with Gasteiger partial charge in [-0.2, -0.15) is 0 Å². The van der Waals surface area contributed by atoms with E-state index in [2.05, 4.69) is 30.6 Å². The highest BCUT2D eigenvalue weighted by molar-refractivity contribution is 5.25. The zero-order valence-corrected chi connectivity index (χ0v) is 11.2. The van der Waals surface area contributed by atoms with E-state index in [0.717, 1.165) is 6.42 Å². The Morgan fingerprint density at radius 1 is 0.706 bits per heavy atom. The Bertz CT molecular complexity index is 259. The summed E-state index contributed by atoms with van der Waals surface area (Å²) in [6.07, 6.45) is 12.2. The van der Waals surface area contributed by atoms with E-state index >= 15 is 0 Å². The lowest BCUT2D eigenvalue weighted by Gasteiger charge is -1.98. The number of aliphatic hydroxyl groups is 1. The van der Waals surface area contributed by atoms with Gasteiger partial charge in [-0.3, -0.25) is 0 Å². The molecule has 0 radical (unpaired) electrons. The molecule has 0 aliphatic heterocycles. The van der Waals surface area contributed by atoms with Gasteiger partial charge in [-0.15, -0.1) is 0 Å². The first-order valence-electron chi connectivity index (χ1n) is 6.98. The van der Waals surface area contributed by atoms with Gasteiger partial charge in [0, 0.05) is 12.8 Å². The van der Waals surface area contributed by atoms with E-state index in [0.29, 0.717) is 6.42 Å². The summed E-state index contributed by atoms with van der Waals surface area (Å²) in [7, 11) is 0. The van der Waals surface area contributed by atoms with Crippen LogP contribution >= 0.6 is 0 Å². The van der Waals surface area contributed by atoms with Crippen LogP contribution in [0.25, 0.3) is 0 Å². The van der Waals surface area contributed by atoms with Crippen LogP contribution in [0.15, 0.2) is 0 Å². The Labute approximate surface area is 107 Å². The van der Waals surface area contributed by atoms with Crippen molar-refractivity contribution in [2.45, 2.75) is 71.1 Å². The smallest absolute Gasteiger partial charge is 0.0540 e. The number of hydrogen-bond donors (Lipinski definition) is 1. The van der Waals surface area contributed by atoms with Gasteiger partial charge in [0.15, 0.2) is 0 Å². The zero-order valence-electron chi connectivity index (χ0n) is 11.2. The number of rotatable bonds is 9. The molecule has 0 aromatic heterocycles. The van der Waals surface area contributed by atoms with Gasteiger partial charge < -0.3 is 5.11 Å². The van der Waals surface area contributed by atoms with Crippen LogP contribution in [0.3, 0.4) is 0 Å². The monoisotopic (exact) mass is 234 g/mol. The Hall–Kier alpha value is -0.920. The second-order valence-electron chi connectivity index (χ2n) is 4.30. The maximum absolute atomic E-state index is 8.49. The Morgan fingerprint density at radius 2 is 1.24 bits per heavy atom. The van der Waals surface area contributed by atoms with E-state index in [9.17, 15) is 0 Å². The summed E-state index contributed by atoms with van der Waals surface area (Å²) in [6.45, 7) is 2.38. The van der Waals surface area contributed by atoms with Crippen LogP contribution in [0.4, 0.5) is 0 Å². The van der Waals surface area contributed by atoms with Crippen LogP contribution in [-0.4, -0.2) is 11.7 Å². The molecule has 0 spiro atoms. The Balaban J connectivity index is 3.16. The van der Waals surface area contributed by atoms with Crippen LogP contribution < -0.4 is 0 Å². The van der Waals surface area contributed by atoms with Crippen molar-refractivity contribution in [2.75, 3.05) is 6.61 Å². The third-order valence-electron chi connectivity index (χ3n) is 2.63. The second kappa shape index (κ2) is 15.1. The summed E-state index contributed by atoms with van der Waals surface area (Å²) in [6, 6.07) is 0. The van der Waals surface area contributed by atoms with Crippen molar-refractivity contribution in [3.05, 3.63) is 0 Å². The van der Waals surface area contributed by atoms with Gasteiger partial charge in [0.2, 0.25) is 0 Å². The van der Waals surface area contributed by atoms with Crippen molar-refractivity contribution < 1.29 is 5.11 Å². The predicted octanol–water partition coefficient (Wildman–Crippen LogP) is 3.91. The molecule has 0 aromatic rings. The van der Waals surface area contributed by atoms with Gasteiger partial charge >= 0.3 is 0 Å². The normalized spacial score (nSPS) is 9.06. The molecule has 0 aliphatic rings. The second-order valence-corrected chi connectivity index (χ2v) is 4.30. The molecular weight excluding hydrogens is 208 g/mol. The van der Waals surface area contributed by atoms with Crippen molar-refractivity contribution in [3.8, 4) is 23.7 Å². The van der Waals surface area contributed by atoms with Crippen LogP contribution in [0.5, 0.6) is 0 Å². The van der Waals surface area contributed by atoms with Gasteiger partial charge in [0.05, 0.1) is 6.61 Å². The highest BCUT2D eigenvalue weighted by Crippen LogP contribution is 2.08. The third-order valence-corrected chi connectivity index (χ3v) is 2.63. The lowest BCUT2D eigenvalue weighted by molar-refractivity contribution is 0.305. The van der Waals surface area contributed by atoms with Gasteiger partial charge in [0.1, 0.15) is 0 Å². The summed E-state index contributed by atoms with van der Waals surface area (Å²) in [5.74, 6) is 11.4. The average Bonchev–Trinajstić information content (AvgIpc) is 2.35. The highest BCUT2D eigenvalue weighted by Gasteiger charge is 1.89. The summed E-state index contributed by atoms with van der Waals surface area (Å²) in [5.41, 5.74) is 0. The van der Waals surface area contributed by atoms with E-state index in [1.165, 1.54) is 51.4 Å². The number of hydrogen-bond acceptors (Lipinski definition) is 1. The summed E-state index contributed by atoms with van der Waals surface area (Å²) >= 11 is 0. The Morgan fingerprint density at radius 3 is 1.82 bits per heavy atom. The molecule has 96 valence electrons. The maximum atomic E-state index is 8.49. The van der Waals surface area contributed by atoms with Crippen molar-refractivity contribution >= 4 is 0 Å². The van der Waals surface area contributed by atoms with Crippen LogP contribution in [0.2, 0.25) is 0 Å². The largest absolute Gasteiger partial charge is 0.395 e. The standard InChI is InChI=1S/C16H26O/c1-2-3-4-5-6-7-8-9-10-11-12-13-14-15-16-17/h17H,2-10,15-16H2,1H3. The first kappa shape index (κ1) is 16.1. The quantitative estimate of drug-likeness (QED) is 0.474. The van der Waals surface area contributed by atoms with Gasteiger partial charge in [-0.1, -0.05) is 63.7 Å². The maximum Gasteiger partial charge on any atom is 0.0540 e. The van der Waals surface area contributed by atoms with E-state index in [4.69, 9.17) is 5.11 Å². The van der Waals surface area contributed by atoms with Crippen molar-refractivity contribution in [1.29, 1.82) is 0 Å². The fraction of sp³-hybridized carbons (Fsp3) is 0.750. The minimum atomic E-state index is 0.132. The van der Waals surface area contributed by atoms with Gasteiger partial charge in [0.25, 0.3) is 0 Å². The minimum Gasteiger partial charge on any atom is -0.395 e. The lowest BCUT2D eigenvalue weighted by Crippen LogP contribution is -1.80. The van der Waals surface area contributed by atoms with Crippen molar-refractivity contribution in [1.82, 2.24) is 0 Å². The summed E-state index contributed by atoms with van der Waals surface area (Å²) in [4.78, 5) is 0. The number of aliphatic hydroxyl groups excluding tert-OH is 1. The molecule has 1 heteroatoms. The van der Waals surface area contributed by atoms with Crippen LogP contribution in [0.1, 0.15) is 71.1 Å². The predicted molar refractivity (Wildman–Crippen MR) is 74.5 cm³/mol. The first-order chi connectivity index (χ1) is 8.41. The lowest BCUT2D eigenvalue weighted by atomic mass is 10.1. The molecule has 0 saturated carbocycles. The molecule has 0 heterocycles. The molecule has 0 saturated heterocycles. The molecule has 1 nitrogen and oxygen atoms in total. The third kappa shape index (κ3) is 15.1. The van der Waals surface area contributed by atoms with E-state index in [-0.39, 0.29) is 6.61 Å². The molecule has 0 aromatic carbocycles. The molecule has 17 heavy (non-hydrogen) atoms. The zero-order chi connectivity index (χ0) is 12.6. The number of unbranched alkanes of at least 4 members (excludes halogenated alkanes) is 8. The van der Waals surface area contributed by atoms with Crippen molar-refractivity contribution in [3.63, 3.8) is 0 Å². The first-order valence-corrected chi connectivity index (χ1v) is 6.98.